The highest BCUT2D eigenvalue weighted by molar-refractivity contribution is 5.84. The van der Waals surface area contributed by atoms with Gasteiger partial charge in [0.25, 0.3) is 0 Å². The van der Waals surface area contributed by atoms with E-state index in [4.69, 9.17) is 5.73 Å². The molecule has 0 saturated carbocycles. The first kappa shape index (κ1) is 15.5. The van der Waals surface area contributed by atoms with Crippen molar-refractivity contribution < 1.29 is 4.79 Å². The molecule has 1 unspecified atom stereocenters. The second-order valence-electron chi connectivity index (χ2n) is 4.67. The fourth-order valence-electron chi connectivity index (χ4n) is 2.06. The van der Waals surface area contributed by atoms with Crippen LogP contribution in [-0.2, 0) is 11.3 Å². The molecule has 0 aliphatic carbocycles. The first-order chi connectivity index (χ1) is 9.04. The van der Waals surface area contributed by atoms with E-state index in [0.717, 1.165) is 24.3 Å². The van der Waals surface area contributed by atoms with Gasteiger partial charge in [-0.2, -0.15) is 0 Å². The zero-order valence-corrected chi connectivity index (χ0v) is 12.4. The van der Waals surface area contributed by atoms with Crippen LogP contribution in [0.3, 0.4) is 0 Å². The minimum Gasteiger partial charge on any atom is -0.363 e. The lowest BCUT2D eigenvalue weighted by atomic mass is 10.1. The molecule has 0 bridgehead atoms. The third kappa shape index (κ3) is 3.70. The Morgan fingerprint density at radius 2 is 1.74 bits per heavy atom. The molecule has 1 atom stereocenters. The van der Waals surface area contributed by atoms with Gasteiger partial charge in [0, 0.05) is 32.4 Å². The van der Waals surface area contributed by atoms with Crippen LogP contribution in [0.4, 0.5) is 5.69 Å². The number of rotatable bonds is 6. The Kier molecular flexibility index (Phi) is 5.83. The Bertz CT molecular complexity index is 398. The predicted octanol–water partition coefficient (Wildman–Crippen LogP) is 1.84. The first-order valence-corrected chi connectivity index (χ1v) is 6.85. The third-order valence-electron chi connectivity index (χ3n) is 3.59. The summed E-state index contributed by atoms with van der Waals surface area (Å²) in [5, 5.41) is 0. The molecule has 1 amide bonds. The number of carbonyl (C=O) groups excluding carboxylic acids is 1. The van der Waals surface area contributed by atoms with Crippen LogP contribution in [0.2, 0.25) is 0 Å². The summed E-state index contributed by atoms with van der Waals surface area (Å²) in [7, 11) is 1.95. The molecule has 2 N–H and O–H groups in total. The zero-order chi connectivity index (χ0) is 14.4. The van der Waals surface area contributed by atoms with Crippen molar-refractivity contribution in [1.29, 1.82) is 0 Å². The van der Waals surface area contributed by atoms with E-state index >= 15 is 0 Å². The summed E-state index contributed by atoms with van der Waals surface area (Å²) < 4.78 is 0. The van der Waals surface area contributed by atoms with Crippen molar-refractivity contribution in [3.05, 3.63) is 29.8 Å². The molecule has 4 heteroatoms. The normalized spacial score (nSPS) is 12.1. The van der Waals surface area contributed by atoms with Crippen LogP contribution >= 0.6 is 0 Å². The highest BCUT2D eigenvalue weighted by atomic mass is 16.2. The van der Waals surface area contributed by atoms with Gasteiger partial charge < -0.3 is 15.5 Å². The lowest BCUT2D eigenvalue weighted by molar-refractivity contribution is -0.131. The molecule has 1 rings (SSSR count). The van der Waals surface area contributed by atoms with E-state index in [0.29, 0.717) is 6.54 Å². The Morgan fingerprint density at radius 3 is 2.16 bits per heavy atom. The van der Waals surface area contributed by atoms with Crippen LogP contribution in [0.5, 0.6) is 0 Å². The SMILES string of the molecule is CCN(CC)C(=O)C(C)N(C)c1ccc(CN)cc1. The minimum atomic E-state index is -0.163. The van der Waals surface area contributed by atoms with Gasteiger partial charge in [0.2, 0.25) is 5.91 Å². The maximum atomic E-state index is 12.3. The third-order valence-corrected chi connectivity index (χ3v) is 3.59. The molecular weight excluding hydrogens is 238 g/mol. The van der Waals surface area contributed by atoms with Crippen LogP contribution < -0.4 is 10.6 Å². The molecule has 1 aromatic carbocycles. The van der Waals surface area contributed by atoms with E-state index in [2.05, 4.69) is 0 Å². The number of nitrogens with two attached hydrogens (primary N) is 1. The van der Waals surface area contributed by atoms with Crippen molar-refractivity contribution in [3.8, 4) is 0 Å². The maximum absolute atomic E-state index is 12.3. The van der Waals surface area contributed by atoms with Gasteiger partial charge >= 0.3 is 0 Å². The van der Waals surface area contributed by atoms with Crippen LogP contribution in [0, 0.1) is 0 Å². The van der Waals surface area contributed by atoms with Gasteiger partial charge in [-0.05, 0) is 38.5 Å². The standard InChI is InChI=1S/C15H25N3O/c1-5-18(6-2)15(19)12(3)17(4)14-9-7-13(11-16)8-10-14/h7-10,12H,5-6,11,16H2,1-4H3. The number of carbonyl (C=O) groups is 1. The summed E-state index contributed by atoms with van der Waals surface area (Å²) in [6.07, 6.45) is 0. The number of hydrogen-bond acceptors (Lipinski definition) is 3. The molecule has 0 fully saturated rings. The molecule has 4 nitrogen and oxygen atoms in total. The molecule has 19 heavy (non-hydrogen) atoms. The highest BCUT2D eigenvalue weighted by Gasteiger charge is 2.22. The first-order valence-electron chi connectivity index (χ1n) is 6.85. The van der Waals surface area contributed by atoms with E-state index < -0.39 is 0 Å². The molecule has 0 aliphatic heterocycles. The molecule has 0 heterocycles. The average molecular weight is 263 g/mol. The van der Waals surface area contributed by atoms with Crippen LogP contribution in [0.1, 0.15) is 26.3 Å². The summed E-state index contributed by atoms with van der Waals surface area (Å²) in [6, 6.07) is 7.85. The number of anilines is 1. The summed E-state index contributed by atoms with van der Waals surface area (Å²) in [5.74, 6) is 0.162. The monoisotopic (exact) mass is 263 g/mol. The van der Waals surface area contributed by atoms with Crippen molar-refractivity contribution >= 4 is 11.6 Å². The second kappa shape index (κ2) is 7.14. The molecule has 106 valence electrons. The summed E-state index contributed by atoms with van der Waals surface area (Å²) in [6.45, 7) is 7.99. The average Bonchev–Trinajstić information content (AvgIpc) is 2.47. The van der Waals surface area contributed by atoms with E-state index in [1.165, 1.54) is 0 Å². The quantitative estimate of drug-likeness (QED) is 0.852. The van der Waals surface area contributed by atoms with Gasteiger partial charge in [-0.25, -0.2) is 0 Å². The van der Waals surface area contributed by atoms with Gasteiger partial charge in [-0.15, -0.1) is 0 Å². The fraction of sp³-hybridized carbons (Fsp3) is 0.533. The largest absolute Gasteiger partial charge is 0.363 e. The van der Waals surface area contributed by atoms with E-state index in [1.807, 2.05) is 61.9 Å². The summed E-state index contributed by atoms with van der Waals surface area (Å²) in [4.78, 5) is 16.2. The smallest absolute Gasteiger partial charge is 0.244 e. The number of nitrogens with zero attached hydrogens (tertiary/aromatic N) is 2. The van der Waals surface area contributed by atoms with Gasteiger partial charge in [0.1, 0.15) is 6.04 Å². The summed E-state index contributed by atoms with van der Waals surface area (Å²) >= 11 is 0. The Balaban J connectivity index is 2.80. The molecule has 0 aliphatic rings. The second-order valence-corrected chi connectivity index (χ2v) is 4.67. The maximum Gasteiger partial charge on any atom is 0.244 e. The fourth-order valence-corrected chi connectivity index (χ4v) is 2.06. The number of hydrogen-bond donors (Lipinski definition) is 1. The van der Waals surface area contributed by atoms with Crippen LogP contribution in [0.25, 0.3) is 0 Å². The zero-order valence-electron chi connectivity index (χ0n) is 12.4. The lowest BCUT2D eigenvalue weighted by Crippen LogP contribution is -2.45. The Morgan fingerprint density at radius 1 is 1.21 bits per heavy atom. The van der Waals surface area contributed by atoms with Crippen molar-refractivity contribution in [2.45, 2.75) is 33.4 Å². The van der Waals surface area contributed by atoms with Crippen molar-refractivity contribution in [3.63, 3.8) is 0 Å². The molecule has 0 saturated heterocycles. The van der Waals surface area contributed by atoms with E-state index in [1.54, 1.807) is 0 Å². The number of amides is 1. The van der Waals surface area contributed by atoms with Crippen LogP contribution in [-0.4, -0.2) is 37.0 Å². The topological polar surface area (TPSA) is 49.6 Å². The Labute approximate surface area is 116 Å². The minimum absolute atomic E-state index is 0.162. The molecule has 0 spiro atoms. The van der Waals surface area contributed by atoms with Gasteiger partial charge in [0.05, 0.1) is 0 Å². The van der Waals surface area contributed by atoms with Gasteiger partial charge in [-0.1, -0.05) is 12.1 Å². The lowest BCUT2D eigenvalue weighted by Gasteiger charge is -2.30. The molecule has 0 radical (unpaired) electrons. The van der Waals surface area contributed by atoms with Crippen molar-refractivity contribution in [1.82, 2.24) is 4.90 Å². The molecular formula is C15H25N3O. The van der Waals surface area contributed by atoms with Crippen LogP contribution in [0.15, 0.2) is 24.3 Å². The number of likely N-dealkylation sites (N-methyl/N-ethyl adjacent to an activating group) is 2. The molecule has 0 aromatic heterocycles. The van der Waals surface area contributed by atoms with E-state index in [9.17, 15) is 4.79 Å². The predicted molar refractivity (Wildman–Crippen MR) is 80.1 cm³/mol. The summed E-state index contributed by atoms with van der Waals surface area (Å²) in [5.41, 5.74) is 7.72. The Hall–Kier alpha value is -1.55. The van der Waals surface area contributed by atoms with Gasteiger partial charge in [0.15, 0.2) is 0 Å². The molecule has 1 aromatic rings. The van der Waals surface area contributed by atoms with Gasteiger partial charge in [-0.3, -0.25) is 4.79 Å². The van der Waals surface area contributed by atoms with Crippen molar-refractivity contribution in [2.75, 3.05) is 25.0 Å². The van der Waals surface area contributed by atoms with E-state index in [-0.39, 0.29) is 11.9 Å². The highest BCUT2D eigenvalue weighted by Crippen LogP contribution is 2.17. The number of benzene rings is 1. The van der Waals surface area contributed by atoms with Crippen molar-refractivity contribution in [2.24, 2.45) is 5.73 Å².